The quantitative estimate of drug-likeness (QED) is 0.854. The monoisotopic (exact) mass is 336 g/mol. The number of likely N-dealkylation sites (tertiary alicyclic amines) is 1. The highest BCUT2D eigenvalue weighted by molar-refractivity contribution is 5.86. The van der Waals surface area contributed by atoms with Crippen molar-refractivity contribution in [2.75, 3.05) is 34.4 Å². The van der Waals surface area contributed by atoms with Crippen molar-refractivity contribution in [1.82, 2.24) is 10.2 Å². The van der Waals surface area contributed by atoms with Crippen molar-refractivity contribution in [3.63, 3.8) is 0 Å². The minimum Gasteiger partial charge on any atom is -0.493 e. The Hall–Kier alpha value is -2.44. The van der Waals surface area contributed by atoms with E-state index < -0.39 is 12.1 Å². The van der Waals surface area contributed by atoms with Crippen LogP contribution < -0.4 is 14.8 Å². The van der Waals surface area contributed by atoms with Gasteiger partial charge in [-0.25, -0.2) is 4.79 Å². The van der Waals surface area contributed by atoms with Crippen LogP contribution in [0.15, 0.2) is 18.2 Å². The van der Waals surface area contributed by atoms with Gasteiger partial charge in [0.15, 0.2) is 11.5 Å². The van der Waals surface area contributed by atoms with E-state index in [0.717, 1.165) is 12.0 Å². The highest BCUT2D eigenvalue weighted by Gasteiger charge is 2.34. The summed E-state index contributed by atoms with van der Waals surface area (Å²) in [7, 11) is 4.50. The fourth-order valence-electron chi connectivity index (χ4n) is 2.86. The molecule has 2 amide bonds. The molecule has 1 aliphatic rings. The van der Waals surface area contributed by atoms with Crippen LogP contribution in [0.4, 0.5) is 4.79 Å². The van der Waals surface area contributed by atoms with Crippen LogP contribution in [0.1, 0.15) is 18.4 Å². The van der Waals surface area contributed by atoms with Crippen LogP contribution in [0, 0.1) is 0 Å². The Bertz CT molecular complexity index is 590. The predicted molar refractivity (Wildman–Crippen MR) is 88.4 cm³/mol. The second kappa shape index (κ2) is 8.42. The Morgan fingerprint density at radius 1 is 1.21 bits per heavy atom. The molecule has 0 spiro atoms. The number of methoxy groups -OCH3 is 3. The normalized spacial score (nSPS) is 16.6. The zero-order valence-electron chi connectivity index (χ0n) is 14.3. The number of hydrogen-bond donors (Lipinski definition) is 1. The Morgan fingerprint density at radius 3 is 2.62 bits per heavy atom. The highest BCUT2D eigenvalue weighted by atomic mass is 16.5. The molecule has 0 bridgehead atoms. The summed E-state index contributed by atoms with van der Waals surface area (Å²) in [5.74, 6) is 1.19. The molecule has 1 unspecified atom stereocenters. The molecule has 1 N–H and O–H groups in total. The van der Waals surface area contributed by atoms with E-state index in [1.165, 1.54) is 12.0 Å². The van der Waals surface area contributed by atoms with Crippen molar-refractivity contribution >= 4 is 12.0 Å². The third-order valence-corrected chi connectivity index (χ3v) is 4.13. The van der Waals surface area contributed by atoms with Gasteiger partial charge in [0, 0.05) is 13.1 Å². The molecule has 132 valence electrons. The van der Waals surface area contributed by atoms with Crippen molar-refractivity contribution < 1.29 is 23.8 Å². The second-order valence-corrected chi connectivity index (χ2v) is 5.55. The van der Waals surface area contributed by atoms with Gasteiger partial charge in [-0.2, -0.15) is 0 Å². The lowest BCUT2D eigenvalue weighted by molar-refractivity contribution is -0.125. The summed E-state index contributed by atoms with van der Waals surface area (Å²) in [6.45, 7) is 1.04. The summed E-state index contributed by atoms with van der Waals surface area (Å²) < 4.78 is 15.2. The third-order valence-electron chi connectivity index (χ3n) is 4.13. The Morgan fingerprint density at radius 2 is 1.96 bits per heavy atom. The van der Waals surface area contributed by atoms with Crippen LogP contribution in [0.2, 0.25) is 0 Å². The fraction of sp³-hybridized carbons (Fsp3) is 0.529. The van der Waals surface area contributed by atoms with Crippen LogP contribution in [0.5, 0.6) is 11.5 Å². The SMILES string of the molecule is COC(=O)N1CCCC1C(=O)NCCc1ccc(OC)c(OC)c1. The molecule has 1 aromatic carbocycles. The van der Waals surface area contributed by atoms with Gasteiger partial charge in [0.1, 0.15) is 6.04 Å². The van der Waals surface area contributed by atoms with E-state index in [4.69, 9.17) is 14.2 Å². The molecule has 7 heteroatoms. The number of hydrogen-bond acceptors (Lipinski definition) is 5. The molecule has 2 rings (SSSR count). The molecule has 1 aromatic rings. The maximum absolute atomic E-state index is 12.3. The summed E-state index contributed by atoms with van der Waals surface area (Å²) in [4.78, 5) is 25.4. The van der Waals surface area contributed by atoms with Gasteiger partial charge in [0.05, 0.1) is 21.3 Å². The van der Waals surface area contributed by atoms with E-state index in [9.17, 15) is 9.59 Å². The molecule has 1 fully saturated rings. The van der Waals surface area contributed by atoms with Gasteiger partial charge in [-0.3, -0.25) is 9.69 Å². The smallest absolute Gasteiger partial charge is 0.410 e. The first-order valence-corrected chi connectivity index (χ1v) is 7.94. The van der Waals surface area contributed by atoms with Crippen LogP contribution in [0.3, 0.4) is 0 Å². The lowest BCUT2D eigenvalue weighted by Crippen LogP contribution is -2.46. The molecule has 0 aliphatic carbocycles. The molecule has 7 nitrogen and oxygen atoms in total. The van der Waals surface area contributed by atoms with Gasteiger partial charge < -0.3 is 19.5 Å². The Kier molecular flexibility index (Phi) is 6.28. The van der Waals surface area contributed by atoms with Gasteiger partial charge in [-0.1, -0.05) is 6.07 Å². The first kappa shape index (κ1) is 17.9. The summed E-state index contributed by atoms with van der Waals surface area (Å²) in [5.41, 5.74) is 1.03. The van der Waals surface area contributed by atoms with Gasteiger partial charge in [-0.15, -0.1) is 0 Å². The first-order valence-electron chi connectivity index (χ1n) is 7.94. The first-order chi connectivity index (χ1) is 11.6. The van der Waals surface area contributed by atoms with Crippen molar-refractivity contribution in [1.29, 1.82) is 0 Å². The number of nitrogens with zero attached hydrogens (tertiary/aromatic N) is 1. The number of benzene rings is 1. The lowest BCUT2D eigenvalue weighted by atomic mass is 10.1. The third kappa shape index (κ3) is 4.10. The minimum atomic E-state index is -0.451. The van der Waals surface area contributed by atoms with E-state index >= 15 is 0 Å². The van der Waals surface area contributed by atoms with Crippen molar-refractivity contribution in [3.8, 4) is 11.5 Å². The largest absolute Gasteiger partial charge is 0.493 e. The maximum atomic E-state index is 12.3. The molecule has 1 saturated heterocycles. The molecular formula is C17H24N2O5. The zero-order chi connectivity index (χ0) is 17.5. The number of ether oxygens (including phenoxy) is 3. The number of carbonyl (C=O) groups is 2. The molecule has 1 heterocycles. The van der Waals surface area contributed by atoms with E-state index in [0.29, 0.717) is 37.4 Å². The van der Waals surface area contributed by atoms with Crippen molar-refractivity contribution in [2.45, 2.75) is 25.3 Å². The van der Waals surface area contributed by atoms with E-state index in [2.05, 4.69) is 5.32 Å². The number of carbonyl (C=O) groups excluding carboxylic acids is 2. The van der Waals surface area contributed by atoms with Crippen molar-refractivity contribution in [3.05, 3.63) is 23.8 Å². The van der Waals surface area contributed by atoms with E-state index in [1.54, 1.807) is 14.2 Å². The van der Waals surface area contributed by atoms with Crippen LogP contribution in [0.25, 0.3) is 0 Å². The Labute approximate surface area is 141 Å². The van der Waals surface area contributed by atoms with Crippen LogP contribution in [-0.2, 0) is 16.0 Å². The summed E-state index contributed by atoms with van der Waals surface area (Å²) >= 11 is 0. The molecule has 1 aliphatic heterocycles. The summed E-state index contributed by atoms with van der Waals surface area (Å²) in [6.07, 6.45) is 1.68. The standard InChI is InChI=1S/C17H24N2O5/c1-22-14-7-6-12(11-15(14)23-2)8-9-18-16(20)13-5-4-10-19(13)17(21)24-3/h6-7,11,13H,4-5,8-10H2,1-3H3,(H,18,20). The molecule has 0 saturated carbocycles. The number of amides is 2. The van der Waals surface area contributed by atoms with Gasteiger partial charge in [0.2, 0.25) is 5.91 Å². The van der Waals surface area contributed by atoms with Crippen LogP contribution >= 0.6 is 0 Å². The van der Waals surface area contributed by atoms with Crippen LogP contribution in [-0.4, -0.2) is 57.4 Å². The zero-order valence-corrected chi connectivity index (χ0v) is 14.3. The highest BCUT2D eigenvalue weighted by Crippen LogP contribution is 2.27. The maximum Gasteiger partial charge on any atom is 0.410 e. The summed E-state index contributed by atoms with van der Waals surface area (Å²) in [6, 6.07) is 5.22. The summed E-state index contributed by atoms with van der Waals surface area (Å²) in [5, 5.41) is 2.89. The predicted octanol–water partition coefficient (Wildman–Crippen LogP) is 1.59. The minimum absolute atomic E-state index is 0.140. The molecule has 24 heavy (non-hydrogen) atoms. The topological polar surface area (TPSA) is 77.1 Å². The average Bonchev–Trinajstić information content (AvgIpc) is 3.10. The fourth-order valence-corrected chi connectivity index (χ4v) is 2.86. The van der Waals surface area contributed by atoms with Gasteiger partial charge in [-0.05, 0) is 37.0 Å². The van der Waals surface area contributed by atoms with Gasteiger partial charge in [0.25, 0.3) is 0 Å². The number of rotatable bonds is 6. The molecular weight excluding hydrogens is 312 g/mol. The molecule has 1 atom stereocenters. The molecule has 0 aromatic heterocycles. The number of nitrogens with one attached hydrogen (secondary N) is 1. The van der Waals surface area contributed by atoms with Gasteiger partial charge >= 0.3 is 6.09 Å². The average molecular weight is 336 g/mol. The lowest BCUT2D eigenvalue weighted by Gasteiger charge is -2.22. The van der Waals surface area contributed by atoms with E-state index in [1.807, 2.05) is 18.2 Å². The van der Waals surface area contributed by atoms with Crippen molar-refractivity contribution in [2.24, 2.45) is 0 Å². The van der Waals surface area contributed by atoms with E-state index in [-0.39, 0.29) is 5.91 Å². The molecule has 0 radical (unpaired) electrons. The Balaban J connectivity index is 1.87. The second-order valence-electron chi connectivity index (χ2n) is 5.55.